The van der Waals surface area contributed by atoms with Crippen LogP contribution in [-0.2, 0) is 5.41 Å². The van der Waals surface area contributed by atoms with Gasteiger partial charge >= 0.3 is 0 Å². The molecule has 5 nitrogen and oxygen atoms in total. The topological polar surface area (TPSA) is 70.7 Å². The third-order valence-electron chi connectivity index (χ3n) is 3.96. The molecule has 104 valence electrons. The van der Waals surface area contributed by atoms with E-state index >= 15 is 0 Å². The van der Waals surface area contributed by atoms with Crippen LogP contribution < -0.4 is 5.32 Å². The molecule has 2 saturated carbocycles. The molecule has 0 bridgehead atoms. The van der Waals surface area contributed by atoms with E-state index in [0.717, 1.165) is 5.82 Å². The molecular weight excluding hydrogens is 240 g/mol. The first-order valence-corrected chi connectivity index (χ1v) is 7.19. The van der Waals surface area contributed by atoms with E-state index in [1.54, 1.807) is 0 Å². The second kappa shape index (κ2) is 4.32. The summed E-state index contributed by atoms with van der Waals surface area (Å²) in [5, 5.41) is 10.1. The van der Waals surface area contributed by atoms with Crippen molar-refractivity contribution in [3.05, 3.63) is 11.6 Å². The molecule has 1 heterocycles. The van der Waals surface area contributed by atoms with Crippen molar-refractivity contribution in [1.82, 2.24) is 20.5 Å². The number of H-pyrrole nitrogens is 1. The van der Waals surface area contributed by atoms with E-state index in [-0.39, 0.29) is 17.1 Å². The molecule has 2 fully saturated rings. The summed E-state index contributed by atoms with van der Waals surface area (Å²) in [6.45, 7) is 6.14. The van der Waals surface area contributed by atoms with Crippen molar-refractivity contribution in [2.24, 2.45) is 11.8 Å². The second-order valence-electron chi connectivity index (χ2n) is 6.93. The van der Waals surface area contributed by atoms with Gasteiger partial charge < -0.3 is 5.32 Å². The van der Waals surface area contributed by atoms with Crippen LogP contribution in [0.4, 0.5) is 0 Å². The Morgan fingerprint density at radius 1 is 1.26 bits per heavy atom. The Balaban J connectivity index is 1.67. The van der Waals surface area contributed by atoms with Crippen LogP contribution in [0.15, 0.2) is 0 Å². The summed E-state index contributed by atoms with van der Waals surface area (Å²) < 4.78 is 0. The maximum Gasteiger partial charge on any atom is 0.291 e. The first-order valence-electron chi connectivity index (χ1n) is 7.19. The van der Waals surface area contributed by atoms with E-state index in [2.05, 4.69) is 20.5 Å². The fourth-order valence-electron chi connectivity index (χ4n) is 2.45. The fraction of sp³-hybridized carbons (Fsp3) is 0.786. The minimum Gasteiger partial charge on any atom is -0.346 e. The van der Waals surface area contributed by atoms with Gasteiger partial charge in [0.2, 0.25) is 5.82 Å². The van der Waals surface area contributed by atoms with Gasteiger partial charge in [0.1, 0.15) is 5.82 Å². The lowest BCUT2D eigenvalue weighted by Gasteiger charge is -2.16. The van der Waals surface area contributed by atoms with Crippen LogP contribution in [0, 0.1) is 11.8 Å². The van der Waals surface area contributed by atoms with Crippen LogP contribution in [0.25, 0.3) is 0 Å². The summed E-state index contributed by atoms with van der Waals surface area (Å²) in [5.74, 6) is 2.29. The number of amides is 1. The minimum absolute atomic E-state index is 0.113. The van der Waals surface area contributed by atoms with E-state index in [1.807, 2.05) is 20.8 Å². The lowest BCUT2D eigenvalue weighted by Crippen LogP contribution is -2.38. The zero-order valence-corrected chi connectivity index (χ0v) is 11.9. The van der Waals surface area contributed by atoms with Crippen LogP contribution >= 0.6 is 0 Å². The van der Waals surface area contributed by atoms with Gasteiger partial charge in [-0.2, -0.15) is 0 Å². The van der Waals surface area contributed by atoms with Crippen molar-refractivity contribution in [1.29, 1.82) is 0 Å². The van der Waals surface area contributed by atoms with Gasteiger partial charge in [0.25, 0.3) is 5.91 Å². The van der Waals surface area contributed by atoms with Gasteiger partial charge in [-0.15, -0.1) is 5.10 Å². The quantitative estimate of drug-likeness (QED) is 0.872. The SMILES string of the molecule is CC(C)(C)c1nc(C(=O)NC(C2CC2)C2CC2)n[nH]1. The van der Waals surface area contributed by atoms with E-state index in [1.165, 1.54) is 25.7 Å². The normalized spacial score (nSPS) is 19.8. The average Bonchev–Trinajstić information content (AvgIpc) is 3.23. The Labute approximate surface area is 113 Å². The van der Waals surface area contributed by atoms with Gasteiger partial charge in [0.15, 0.2) is 0 Å². The van der Waals surface area contributed by atoms with E-state index in [9.17, 15) is 4.79 Å². The third-order valence-corrected chi connectivity index (χ3v) is 3.96. The van der Waals surface area contributed by atoms with E-state index < -0.39 is 0 Å². The highest BCUT2D eigenvalue weighted by Gasteiger charge is 2.42. The number of nitrogens with one attached hydrogen (secondary N) is 2. The summed E-state index contributed by atoms with van der Waals surface area (Å²) >= 11 is 0. The van der Waals surface area contributed by atoms with Crippen molar-refractivity contribution < 1.29 is 4.79 Å². The first-order chi connectivity index (χ1) is 8.95. The highest BCUT2D eigenvalue weighted by Crippen LogP contribution is 2.44. The highest BCUT2D eigenvalue weighted by atomic mass is 16.2. The zero-order valence-electron chi connectivity index (χ0n) is 11.9. The monoisotopic (exact) mass is 262 g/mol. The van der Waals surface area contributed by atoms with Crippen LogP contribution in [0.1, 0.15) is 62.9 Å². The zero-order chi connectivity index (χ0) is 13.6. The molecule has 1 amide bonds. The number of aromatic amines is 1. The van der Waals surface area contributed by atoms with Crippen LogP contribution in [-0.4, -0.2) is 27.1 Å². The summed E-state index contributed by atoms with van der Waals surface area (Å²) in [5.41, 5.74) is -0.113. The lowest BCUT2D eigenvalue weighted by molar-refractivity contribution is 0.0916. The molecule has 3 rings (SSSR count). The maximum absolute atomic E-state index is 12.2. The maximum atomic E-state index is 12.2. The number of carbonyl (C=O) groups excluding carboxylic acids is 1. The van der Waals surface area contributed by atoms with Crippen molar-refractivity contribution in [2.45, 2.75) is 57.9 Å². The molecule has 0 atom stereocenters. The molecule has 2 aliphatic rings. The smallest absolute Gasteiger partial charge is 0.291 e. The average molecular weight is 262 g/mol. The third kappa shape index (κ3) is 2.80. The molecule has 1 aromatic heterocycles. The molecule has 2 N–H and O–H groups in total. The molecule has 0 unspecified atom stereocenters. The molecule has 19 heavy (non-hydrogen) atoms. The van der Waals surface area contributed by atoms with Gasteiger partial charge in [-0.25, -0.2) is 4.98 Å². The summed E-state index contributed by atoms with van der Waals surface area (Å²) in [7, 11) is 0. The molecule has 0 radical (unpaired) electrons. The van der Waals surface area contributed by atoms with Crippen molar-refractivity contribution in [3.8, 4) is 0 Å². The predicted molar refractivity (Wildman–Crippen MR) is 71.8 cm³/mol. The molecule has 5 heteroatoms. The fourth-order valence-corrected chi connectivity index (χ4v) is 2.45. The highest BCUT2D eigenvalue weighted by molar-refractivity contribution is 5.90. The van der Waals surface area contributed by atoms with Gasteiger partial charge in [0.05, 0.1) is 0 Å². The van der Waals surface area contributed by atoms with E-state index in [4.69, 9.17) is 0 Å². The van der Waals surface area contributed by atoms with Crippen molar-refractivity contribution >= 4 is 5.91 Å². The van der Waals surface area contributed by atoms with Gasteiger partial charge in [-0.05, 0) is 37.5 Å². The summed E-state index contributed by atoms with van der Waals surface area (Å²) in [6.07, 6.45) is 5.01. The van der Waals surface area contributed by atoms with Crippen LogP contribution in [0.5, 0.6) is 0 Å². The minimum atomic E-state index is -0.129. The number of carbonyl (C=O) groups is 1. The Morgan fingerprint density at radius 3 is 2.26 bits per heavy atom. The van der Waals surface area contributed by atoms with Gasteiger partial charge in [-0.3, -0.25) is 9.89 Å². The largest absolute Gasteiger partial charge is 0.346 e. The Morgan fingerprint density at radius 2 is 1.84 bits per heavy atom. The standard InChI is InChI=1S/C14H22N4O/c1-14(2,3)13-16-11(17-18-13)12(19)15-10(8-4-5-8)9-6-7-9/h8-10H,4-7H2,1-3H3,(H,15,19)(H,16,17,18). The molecule has 1 aromatic rings. The Kier molecular flexibility index (Phi) is 2.87. The Bertz CT molecular complexity index is 468. The number of rotatable bonds is 4. The number of aromatic nitrogens is 3. The molecule has 0 aromatic carbocycles. The number of hydrogen-bond acceptors (Lipinski definition) is 3. The second-order valence-corrected chi connectivity index (χ2v) is 6.93. The summed E-state index contributed by atoms with van der Waals surface area (Å²) in [4.78, 5) is 16.5. The lowest BCUT2D eigenvalue weighted by atomic mass is 9.96. The van der Waals surface area contributed by atoms with Crippen LogP contribution in [0.2, 0.25) is 0 Å². The molecule has 0 spiro atoms. The molecule has 0 saturated heterocycles. The molecular formula is C14H22N4O. The summed E-state index contributed by atoms with van der Waals surface area (Å²) in [6, 6.07) is 0.351. The predicted octanol–water partition coefficient (Wildman–Crippen LogP) is 2.02. The van der Waals surface area contributed by atoms with E-state index in [0.29, 0.717) is 17.9 Å². The number of hydrogen-bond donors (Lipinski definition) is 2. The van der Waals surface area contributed by atoms with Crippen molar-refractivity contribution in [2.75, 3.05) is 0 Å². The molecule has 0 aliphatic heterocycles. The van der Waals surface area contributed by atoms with Gasteiger partial charge in [-0.1, -0.05) is 20.8 Å². The molecule has 2 aliphatic carbocycles. The van der Waals surface area contributed by atoms with Gasteiger partial charge in [0, 0.05) is 11.5 Å². The Hall–Kier alpha value is -1.39. The number of nitrogens with zero attached hydrogens (tertiary/aromatic N) is 2. The van der Waals surface area contributed by atoms with Crippen LogP contribution in [0.3, 0.4) is 0 Å². The first kappa shape index (κ1) is 12.6. The van der Waals surface area contributed by atoms with Crippen molar-refractivity contribution in [3.63, 3.8) is 0 Å².